The fourth-order valence-electron chi connectivity index (χ4n) is 5.29. The van der Waals surface area contributed by atoms with Crippen molar-refractivity contribution in [2.45, 2.75) is 167 Å². The molecule has 0 spiro atoms. The molecule has 0 aliphatic heterocycles. The zero-order chi connectivity index (χ0) is 26.5. The number of carboxylic acid groups (broad SMARTS) is 1. The molecule has 3 heteroatoms. The average Bonchev–Trinajstić information content (AvgIpc) is 2.84. The lowest BCUT2D eigenvalue weighted by Gasteiger charge is -2.21. The Labute approximate surface area is 226 Å². The average molecular weight is 508 g/mol. The predicted molar refractivity (Wildman–Crippen MR) is 160 cm³/mol. The number of hydrogen-bond donors (Lipinski definition) is 1. The molecule has 0 aromatic heterocycles. The van der Waals surface area contributed by atoms with Gasteiger partial charge in [0.1, 0.15) is 0 Å². The van der Waals surface area contributed by atoms with E-state index in [4.69, 9.17) is 5.11 Å². The van der Waals surface area contributed by atoms with Crippen LogP contribution < -0.4 is 0 Å². The first-order chi connectivity index (χ1) is 17.6. The van der Waals surface area contributed by atoms with Crippen LogP contribution in [0.5, 0.6) is 0 Å². The number of unbranched alkanes of at least 4 members (excludes halogenated alkanes) is 19. The van der Waals surface area contributed by atoms with Crippen molar-refractivity contribution in [3.63, 3.8) is 0 Å². The Morgan fingerprint density at radius 3 is 1.42 bits per heavy atom. The van der Waals surface area contributed by atoms with Crippen LogP contribution in [0.4, 0.5) is 0 Å². The summed E-state index contributed by atoms with van der Waals surface area (Å²) in [5.74, 6) is 0.249. The molecule has 0 amide bonds. The molecule has 214 valence electrons. The minimum Gasteiger partial charge on any atom is -0.481 e. The summed E-state index contributed by atoms with van der Waals surface area (Å²) >= 11 is 0. The van der Waals surface area contributed by atoms with Gasteiger partial charge >= 0.3 is 5.97 Å². The topological polar surface area (TPSA) is 40.5 Å². The summed E-state index contributed by atoms with van der Waals surface area (Å²) < 4.78 is 0. The standard InChI is InChI=1S/C33H65NO2/c1-4-5-6-7-19-22-25-28-32(31-34(2)3)29-26-23-20-17-15-13-11-9-8-10-12-14-16-18-21-24-27-30-33(35)36/h10,12,32H,4-9,11,13-31H2,1-3H3,(H,35,36). The molecule has 0 radical (unpaired) electrons. The first-order valence-electron chi connectivity index (χ1n) is 16.1. The highest BCUT2D eigenvalue weighted by molar-refractivity contribution is 5.66. The quantitative estimate of drug-likeness (QED) is 0.0808. The summed E-state index contributed by atoms with van der Waals surface area (Å²) in [6.45, 7) is 3.58. The fourth-order valence-corrected chi connectivity index (χ4v) is 5.29. The van der Waals surface area contributed by atoms with E-state index in [0.29, 0.717) is 6.42 Å². The Balaban J connectivity index is 3.46. The lowest BCUT2D eigenvalue weighted by molar-refractivity contribution is -0.137. The number of hydrogen-bond acceptors (Lipinski definition) is 2. The number of aliphatic carboxylic acids is 1. The van der Waals surface area contributed by atoms with Crippen LogP contribution in [-0.4, -0.2) is 36.6 Å². The summed E-state index contributed by atoms with van der Waals surface area (Å²) in [6, 6.07) is 0. The number of nitrogens with zero attached hydrogens (tertiary/aromatic N) is 1. The normalized spacial score (nSPS) is 12.7. The third-order valence-electron chi connectivity index (χ3n) is 7.50. The van der Waals surface area contributed by atoms with Gasteiger partial charge in [-0.15, -0.1) is 0 Å². The second-order valence-electron chi connectivity index (χ2n) is 11.6. The van der Waals surface area contributed by atoms with Crippen LogP contribution in [0.15, 0.2) is 12.2 Å². The molecule has 0 heterocycles. The monoisotopic (exact) mass is 508 g/mol. The van der Waals surface area contributed by atoms with Gasteiger partial charge in [-0.2, -0.15) is 0 Å². The molecule has 1 N–H and O–H groups in total. The second-order valence-corrected chi connectivity index (χ2v) is 11.6. The minimum absolute atomic E-state index is 0.330. The van der Waals surface area contributed by atoms with Crippen molar-refractivity contribution in [3.05, 3.63) is 12.2 Å². The zero-order valence-electron chi connectivity index (χ0n) is 24.9. The first kappa shape index (κ1) is 35.2. The molecule has 0 aliphatic rings. The molecule has 1 unspecified atom stereocenters. The lowest BCUT2D eigenvalue weighted by Crippen LogP contribution is -2.21. The lowest BCUT2D eigenvalue weighted by atomic mass is 9.93. The molecule has 0 saturated carbocycles. The van der Waals surface area contributed by atoms with E-state index >= 15 is 0 Å². The maximum Gasteiger partial charge on any atom is 0.303 e. The number of rotatable bonds is 29. The van der Waals surface area contributed by atoms with E-state index in [-0.39, 0.29) is 0 Å². The highest BCUT2D eigenvalue weighted by Crippen LogP contribution is 2.20. The minimum atomic E-state index is -0.661. The van der Waals surface area contributed by atoms with Crippen LogP contribution in [0, 0.1) is 5.92 Å². The number of carbonyl (C=O) groups is 1. The number of carboxylic acids is 1. The van der Waals surface area contributed by atoms with Crippen molar-refractivity contribution in [3.8, 4) is 0 Å². The van der Waals surface area contributed by atoms with Crippen molar-refractivity contribution in [2.75, 3.05) is 20.6 Å². The molecular formula is C33H65NO2. The molecule has 0 aromatic rings. The van der Waals surface area contributed by atoms with Crippen molar-refractivity contribution < 1.29 is 9.90 Å². The third kappa shape index (κ3) is 29.4. The summed E-state index contributed by atoms with van der Waals surface area (Å²) in [4.78, 5) is 12.9. The zero-order valence-corrected chi connectivity index (χ0v) is 24.9. The van der Waals surface area contributed by atoms with E-state index in [9.17, 15) is 4.79 Å². The smallest absolute Gasteiger partial charge is 0.303 e. The Kier molecular flexibility index (Phi) is 28.1. The van der Waals surface area contributed by atoms with Crippen LogP contribution in [0.25, 0.3) is 0 Å². The van der Waals surface area contributed by atoms with Crippen LogP contribution >= 0.6 is 0 Å². The van der Waals surface area contributed by atoms with Gasteiger partial charge < -0.3 is 10.0 Å². The van der Waals surface area contributed by atoms with Crippen LogP contribution in [0.2, 0.25) is 0 Å². The maximum atomic E-state index is 10.5. The van der Waals surface area contributed by atoms with Gasteiger partial charge in [0.15, 0.2) is 0 Å². The molecule has 0 fully saturated rings. The van der Waals surface area contributed by atoms with Gasteiger partial charge in [-0.3, -0.25) is 4.79 Å². The molecule has 0 rings (SSSR count). The van der Waals surface area contributed by atoms with E-state index < -0.39 is 5.97 Å². The molecule has 0 bridgehead atoms. The first-order valence-corrected chi connectivity index (χ1v) is 16.1. The van der Waals surface area contributed by atoms with Gasteiger partial charge in [0.05, 0.1) is 0 Å². The van der Waals surface area contributed by atoms with Gasteiger partial charge in [0, 0.05) is 13.0 Å². The van der Waals surface area contributed by atoms with Crippen LogP contribution in [0.1, 0.15) is 167 Å². The highest BCUT2D eigenvalue weighted by Gasteiger charge is 2.09. The van der Waals surface area contributed by atoms with Gasteiger partial charge in [-0.1, -0.05) is 128 Å². The summed E-state index contributed by atoms with van der Waals surface area (Å²) in [7, 11) is 4.48. The third-order valence-corrected chi connectivity index (χ3v) is 7.50. The Bertz CT molecular complexity index is 474. The summed E-state index contributed by atoms with van der Waals surface area (Å²) in [5, 5.41) is 8.63. The summed E-state index contributed by atoms with van der Waals surface area (Å²) in [6.07, 6.45) is 37.2. The van der Waals surface area contributed by atoms with E-state index in [1.54, 1.807) is 0 Å². The van der Waals surface area contributed by atoms with Gasteiger partial charge in [0.25, 0.3) is 0 Å². The largest absolute Gasteiger partial charge is 0.481 e. The fraction of sp³-hybridized carbons (Fsp3) is 0.909. The van der Waals surface area contributed by atoms with E-state index in [2.05, 4.69) is 38.1 Å². The second kappa shape index (κ2) is 28.7. The Morgan fingerprint density at radius 2 is 1.00 bits per heavy atom. The molecule has 3 nitrogen and oxygen atoms in total. The van der Waals surface area contributed by atoms with Crippen molar-refractivity contribution >= 4 is 5.97 Å². The molecular weight excluding hydrogens is 442 g/mol. The van der Waals surface area contributed by atoms with Gasteiger partial charge in [0.2, 0.25) is 0 Å². The van der Waals surface area contributed by atoms with Crippen molar-refractivity contribution in [1.82, 2.24) is 4.90 Å². The van der Waals surface area contributed by atoms with E-state index in [1.165, 1.54) is 148 Å². The molecule has 1 atom stereocenters. The maximum absolute atomic E-state index is 10.5. The summed E-state index contributed by atoms with van der Waals surface area (Å²) in [5.41, 5.74) is 0. The van der Waals surface area contributed by atoms with Gasteiger partial charge in [-0.25, -0.2) is 0 Å². The van der Waals surface area contributed by atoms with Crippen molar-refractivity contribution in [1.29, 1.82) is 0 Å². The van der Waals surface area contributed by atoms with Gasteiger partial charge in [-0.05, 0) is 65.0 Å². The SMILES string of the molecule is CCCCCCCCCC(CCCCCCCCCCC=CCCCCCCCC(=O)O)CN(C)C. The predicted octanol–water partition coefficient (Wildman–Crippen LogP) is 10.6. The molecule has 0 saturated heterocycles. The number of allylic oxidation sites excluding steroid dienone is 2. The van der Waals surface area contributed by atoms with E-state index in [1.807, 2.05) is 0 Å². The van der Waals surface area contributed by atoms with Crippen LogP contribution in [-0.2, 0) is 4.79 Å². The Morgan fingerprint density at radius 1 is 0.611 bits per heavy atom. The molecule has 0 aliphatic carbocycles. The van der Waals surface area contributed by atoms with E-state index in [0.717, 1.165) is 18.8 Å². The Hall–Kier alpha value is -0.830. The molecule has 0 aromatic carbocycles. The highest BCUT2D eigenvalue weighted by atomic mass is 16.4. The van der Waals surface area contributed by atoms with Crippen LogP contribution in [0.3, 0.4) is 0 Å². The van der Waals surface area contributed by atoms with Crippen molar-refractivity contribution in [2.24, 2.45) is 5.92 Å². The molecule has 36 heavy (non-hydrogen) atoms.